The molecule has 0 spiro atoms. The summed E-state index contributed by atoms with van der Waals surface area (Å²) < 4.78 is 0. The molecule has 0 aromatic heterocycles. The Morgan fingerprint density at radius 1 is 1.60 bits per heavy atom. The van der Waals surface area contributed by atoms with Gasteiger partial charge in [0.05, 0.1) is 12.1 Å². The van der Waals surface area contributed by atoms with Crippen molar-refractivity contribution in [1.29, 1.82) is 0 Å². The fraction of sp³-hybridized carbons (Fsp3) is 0.909. The summed E-state index contributed by atoms with van der Waals surface area (Å²) in [5.41, 5.74) is 0. The molecular formula is C11H20N2O2. The molecule has 3 N–H and O–H groups in total. The third-order valence-electron chi connectivity index (χ3n) is 3.20. The van der Waals surface area contributed by atoms with Crippen molar-refractivity contribution in [3.8, 4) is 0 Å². The zero-order valence-electron chi connectivity index (χ0n) is 9.20. The summed E-state index contributed by atoms with van der Waals surface area (Å²) in [6.07, 6.45) is 3.92. The van der Waals surface area contributed by atoms with E-state index in [2.05, 4.69) is 17.6 Å². The van der Waals surface area contributed by atoms with E-state index in [0.29, 0.717) is 13.0 Å². The quantitative estimate of drug-likeness (QED) is 0.615. The summed E-state index contributed by atoms with van der Waals surface area (Å²) in [7, 11) is 0. The maximum Gasteiger partial charge on any atom is 0.237 e. The Labute approximate surface area is 90.4 Å². The molecule has 1 heterocycles. The van der Waals surface area contributed by atoms with Crippen molar-refractivity contribution in [3.05, 3.63) is 0 Å². The van der Waals surface area contributed by atoms with Gasteiger partial charge in [-0.15, -0.1) is 0 Å². The molecule has 2 rings (SSSR count). The Morgan fingerprint density at radius 2 is 2.33 bits per heavy atom. The van der Waals surface area contributed by atoms with Crippen molar-refractivity contribution < 1.29 is 9.90 Å². The molecule has 1 saturated carbocycles. The minimum Gasteiger partial charge on any atom is -0.392 e. The molecule has 4 heteroatoms. The standard InChI is InChI=1S/C11H20N2O2/c1-7(4-8-2-3-8)13-11(15)10-5-9(14)6-12-10/h7-10,12,14H,2-6H2,1H3,(H,13,15). The summed E-state index contributed by atoms with van der Waals surface area (Å²) in [6, 6.07) is 0.0752. The molecule has 4 nitrogen and oxygen atoms in total. The molecule has 3 atom stereocenters. The molecular weight excluding hydrogens is 192 g/mol. The number of rotatable bonds is 4. The maximum atomic E-state index is 11.7. The fourth-order valence-electron chi connectivity index (χ4n) is 2.17. The van der Waals surface area contributed by atoms with E-state index in [1.54, 1.807) is 0 Å². The van der Waals surface area contributed by atoms with Gasteiger partial charge in [0.2, 0.25) is 5.91 Å². The lowest BCUT2D eigenvalue weighted by Crippen LogP contribution is -2.44. The molecule has 1 amide bonds. The number of nitrogens with one attached hydrogen (secondary N) is 2. The lowest BCUT2D eigenvalue weighted by Gasteiger charge is -2.16. The summed E-state index contributed by atoms with van der Waals surface area (Å²) in [5, 5.41) is 15.3. The summed E-state index contributed by atoms with van der Waals surface area (Å²) in [4.78, 5) is 11.7. The van der Waals surface area contributed by atoms with Crippen molar-refractivity contribution in [3.63, 3.8) is 0 Å². The Kier molecular flexibility index (Phi) is 3.26. The molecule has 0 bridgehead atoms. The van der Waals surface area contributed by atoms with E-state index < -0.39 is 0 Å². The van der Waals surface area contributed by atoms with Crippen LogP contribution in [0.1, 0.15) is 32.6 Å². The van der Waals surface area contributed by atoms with Crippen LogP contribution in [0.4, 0.5) is 0 Å². The second-order valence-electron chi connectivity index (χ2n) is 4.94. The van der Waals surface area contributed by atoms with E-state index in [1.807, 2.05) is 0 Å². The van der Waals surface area contributed by atoms with Crippen LogP contribution in [0.25, 0.3) is 0 Å². The van der Waals surface area contributed by atoms with Crippen LogP contribution in [0.5, 0.6) is 0 Å². The number of β-amino-alcohol motifs (C(OH)–C–C–N with tert-alkyl or cyclic N) is 1. The first kappa shape index (κ1) is 10.9. The maximum absolute atomic E-state index is 11.7. The first-order valence-corrected chi connectivity index (χ1v) is 5.87. The first-order chi connectivity index (χ1) is 7.15. The van der Waals surface area contributed by atoms with Crippen molar-refractivity contribution in [2.75, 3.05) is 6.54 Å². The predicted molar refractivity (Wildman–Crippen MR) is 57.4 cm³/mol. The van der Waals surface area contributed by atoms with E-state index in [9.17, 15) is 9.90 Å². The predicted octanol–water partition coefficient (Wildman–Crippen LogP) is 0.0140. The molecule has 15 heavy (non-hydrogen) atoms. The molecule has 1 saturated heterocycles. The minimum absolute atomic E-state index is 0.0414. The SMILES string of the molecule is CC(CC1CC1)NC(=O)C1CC(O)CN1. The Morgan fingerprint density at radius 3 is 2.87 bits per heavy atom. The molecule has 1 aliphatic carbocycles. The number of carbonyl (C=O) groups excluding carboxylic acids is 1. The van der Waals surface area contributed by atoms with Crippen LogP contribution in [-0.2, 0) is 4.79 Å². The highest BCUT2D eigenvalue weighted by Gasteiger charge is 2.30. The molecule has 0 aromatic rings. The lowest BCUT2D eigenvalue weighted by atomic mass is 10.1. The van der Waals surface area contributed by atoms with Crippen LogP contribution in [0.3, 0.4) is 0 Å². The summed E-state index contributed by atoms with van der Waals surface area (Å²) in [5.74, 6) is 0.877. The number of hydrogen-bond acceptors (Lipinski definition) is 3. The van der Waals surface area contributed by atoms with Gasteiger partial charge in [-0.25, -0.2) is 0 Å². The zero-order valence-corrected chi connectivity index (χ0v) is 9.20. The summed E-state index contributed by atoms with van der Waals surface area (Å²) in [6.45, 7) is 2.59. The number of amides is 1. The highest BCUT2D eigenvalue weighted by atomic mass is 16.3. The van der Waals surface area contributed by atoms with Gasteiger partial charge >= 0.3 is 0 Å². The van der Waals surface area contributed by atoms with E-state index in [0.717, 1.165) is 12.3 Å². The lowest BCUT2D eigenvalue weighted by molar-refractivity contribution is -0.123. The van der Waals surface area contributed by atoms with Crippen molar-refractivity contribution >= 4 is 5.91 Å². The monoisotopic (exact) mass is 212 g/mol. The van der Waals surface area contributed by atoms with Crippen molar-refractivity contribution in [1.82, 2.24) is 10.6 Å². The zero-order chi connectivity index (χ0) is 10.8. The van der Waals surface area contributed by atoms with E-state index in [-0.39, 0.29) is 24.1 Å². The van der Waals surface area contributed by atoms with Crippen molar-refractivity contribution in [2.24, 2.45) is 5.92 Å². The van der Waals surface area contributed by atoms with Gasteiger partial charge < -0.3 is 15.7 Å². The number of carbonyl (C=O) groups is 1. The molecule has 86 valence electrons. The van der Waals surface area contributed by atoms with Gasteiger partial charge in [0, 0.05) is 12.6 Å². The molecule has 1 aliphatic heterocycles. The topological polar surface area (TPSA) is 61.4 Å². The second-order valence-corrected chi connectivity index (χ2v) is 4.94. The number of aliphatic hydroxyl groups excluding tert-OH is 1. The van der Waals surface area contributed by atoms with Gasteiger partial charge in [-0.3, -0.25) is 4.79 Å². The third kappa shape index (κ3) is 3.18. The largest absolute Gasteiger partial charge is 0.392 e. The van der Waals surface area contributed by atoms with Crippen LogP contribution in [-0.4, -0.2) is 35.7 Å². The van der Waals surface area contributed by atoms with Crippen LogP contribution >= 0.6 is 0 Å². The van der Waals surface area contributed by atoms with Gasteiger partial charge in [0.25, 0.3) is 0 Å². The van der Waals surface area contributed by atoms with E-state index in [1.165, 1.54) is 12.8 Å². The average Bonchev–Trinajstić information content (AvgIpc) is 2.85. The Balaban J connectivity index is 1.70. The normalized spacial score (nSPS) is 32.7. The van der Waals surface area contributed by atoms with Gasteiger partial charge in [-0.05, 0) is 25.7 Å². The van der Waals surface area contributed by atoms with E-state index >= 15 is 0 Å². The molecule has 3 unspecified atom stereocenters. The van der Waals surface area contributed by atoms with Gasteiger partial charge in [-0.2, -0.15) is 0 Å². The molecule has 0 radical (unpaired) electrons. The van der Waals surface area contributed by atoms with Gasteiger partial charge in [-0.1, -0.05) is 12.8 Å². The van der Waals surface area contributed by atoms with Crippen LogP contribution < -0.4 is 10.6 Å². The van der Waals surface area contributed by atoms with Crippen LogP contribution in [0.2, 0.25) is 0 Å². The number of hydrogen-bond donors (Lipinski definition) is 3. The number of aliphatic hydroxyl groups is 1. The Hall–Kier alpha value is -0.610. The fourth-order valence-corrected chi connectivity index (χ4v) is 2.17. The van der Waals surface area contributed by atoms with Crippen molar-refractivity contribution in [2.45, 2.75) is 50.8 Å². The first-order valence-electron chi connectivity index (χ1n) is 5.87. The highest BCUT2D eigenvalue weighted by Crippen LogP contribution is 2.33. The molecule has 2 fully saturated rings. The Bertz CT molecular complexity index is 241. The van der Waals surface area contributed by atoms with Crippen LogP contribution in [0, 0.1) is 5.92 Å². The highest BCUT2D eigenvalue weighted by molar-refractivity contribution is 5.82. The second kappa shape index (κ2) is 4.49. The smallest absolute Gasteiger partial charge is 0.237 e. The van der Waals surface area contributed by atoms with Gasteiger partial charge in [0.1, 0.15) is 0 Å². The summed E-state index contributed by atoms with van der Waals surface area (Å²) >= 11 is 0. The molecule has 0 aromatic carbocycles. The van der Waals surface area contributed by atoms with Crippen LogP contribution in [0.15, 0.2) is 0 Å². The minimum atomic E-state index is -0.362. The molecule has 2 aliphatic rings. The average molecular weight is 212 g/mol. The van der Waals surface area contributed by atoms with E-state index in [4.69, 9.17) is 0 Å². The van der Waals surface area contributed by atoms with Gasteiger partial charge in [0.15, 0.2) is 0 Å². The third-order valence-corrected chi connectivity index (χ3v) is 3.20.